The molecule has 0 unspecified atom stereocenters. The molecule has 1 aliphatic rings. The van der Waals surface area contributed by atoms with Crippen molar-refractivity contribution in [3.8, 4) is 0 Å². The van der Waals surface area contributed by atoms with Crippen molar-refractivity contribution in [3.63, 3.8) is 0 Å². The minimum absolute atomic E-state index is 1.11. The van der Waals surface area contributed by atoms with Crippen molar-refractivity contribution in [1.82, 2.24) is 5.01 Å². The highest BCUT2D eigenvalue weighted by Crippen LogP contribution is 2.03. The lowest BCUT2D eigenvalue weighted by Gasteiger charge is -1.90. The maximum Gasteiger partial charge on any atom is 0.0553 e. The van der Waals surface area contributed by atoms with E-state index in [2.05, 4.69) is 5.10 Å². The van der Waals surface area contributed by atoms with Gasteiger partial charge in [0.05, 0.1) is 19.3 Å². The summed E-state index contributed by atoms with van der Waals surface area (Å²) in [6, 6.07) is 10.1. The fraction of sp³-hybridized carbons (Fsp3) is 0.222. The molecule has 0 bridgehead atoms. The van der Waals surface area contributed by atoms with Gasteiger partial charge in [-0.15, -0.1) is 0 Å². The molecule has 2 rings (SSSR count). The Kier molecular flexibility index (Phi) is 1.60. The normalized spacial score (nSPS) is 15.8. The summed E-state index contributed by atoms with van der Waals surface area (Å²) in [5.41, 5.74) is 1.17. The summed E-state index contributed by atoms with van der Waals surface area (Å²) in [5, 5.41) is 6.24. The Bertz CT molecular complexity index is 250. The fourth-order valence-corrected chi connectivity index (χ4v) is 0.848. The molecule has 0 saturated carbocycles. The van der Waals surface area contributed by atoms with Gasteiger partial charge in [-0.25, -0.2) is 0 Å². The molecule has 0 atom stereocenters. The van der Waals surface area contributed by atoms with Crippen LogP contribution in [0.15, 0.2) is 35.4 Å². The lowest BCUT2D eigenvalue weighted by atomic mass is 10.2. The Balaban J connectivity index is 2.05. The van der Waals surface area contributed by atoms with Crippen LogP contribution < -0.4 is 0 Å². The molecule has 1 aromatic carbocycles. The van der Waals surface area contributed by atoms with Crippen LogP contribution in [0.1, 0.15) is 5.56 Å². The molecular formula is C9H10N2. The van der Waals surface area contributed by atoms with Gasteiger partial charge in [0.15, 0.2) is 0 Å². The van der Waals surface area contributed by atoms with Crippen LogP contribution >= 0.6 is 0 Å². The highest BCUT2D eigenvalue weighted by molar-refractivity contribution is 5.79. The second-order valence-electron chi connectivity index (χ2n) is 2.61. The average molecular weight is 146 g/mol. The maximum atomic E-state index is 4.21. The van der Waals surface area contributed by atoms with Crippen LogP contribution in [0.3, 0.4) is 0 Å². The molecule has 0 radical (unpaired) electrons. The molecular weight excluding hydrogens is 136 g/mol. The van der Waals surface area contributed by atoms with Crippen molar-refractivity contribution in [2.75, 3.05) is 13.1 Å². The molecule has 1 aliphatic heterocycles. The van der Waals surface area contributed by atoms with Crippen molar-refractivity contribution in [2.24, 2.45) is 5.10 Å². The third-order valence-electron chi connectivity index (χ3n) is 1.59. The Morgan fingerprint density at radius 1 is 1.18 bits per heavy atom. The van der Waals surface area contributed by atoms with E-state index in [1.54, 1.807) is 0 Å². The van der Waals surface area contributed by atoms with E-state index in [1.807, 2.05) is 41.6 Å². The standard InChI is InChI=1S/C9H10N2/c1-2-4-9(5-3-1)8-10-11-6-7-11/h1-5,8H,6-7H2/b10-8+. The summed E-state index contributed by atoms with van der Waals surface area (Å²) < 4.78 is 0. The maximum absolute atomic E-state index is 4.21. The molecule has 2 nitrogen and oxygen atoms in total. The summed E-state index contributed by atoms with van der Waals surface area (Å²) in [6.07, 6.45) is 1.90. The molecule has 2 heteroatoms. The number of rotatable bonds is 2. The monoisotopic (exact) mass is 146 g/mol. The molecule has 1 saturated heterocycles. The summed E-state index contributed by atoms with van der Waals surface area (Å²) >= 11 is 0. The minimum atomic E-state index is 1.11. The summed E-state index contributed by atoms with van der Waals surface area (Å²) in [5.74, 6) is 0. The van der Waals surface area contributed by atoms with Gasteiger partial charge in [-0.2, -0.15) is 5.10 Å². The largest absolute Gasteiger partial charge is 0.293 e. The van der Waals surface area contributed by atoms with Gasteiger partial charge in [0.2, 0.25) is 0 Å². The zero-order chi connectivity index (χ0) is 7.52. The van der Waals surface area contributed by atoms with E-state index in [4.69, 9.17) is 0 Å². The lowest BCUT2D eigenvalue weighted by molar-refractivity contribution is 0.612. The third-order valence-corrected chi connectivity index (χ3v) is 1.59. The van der Waals surface area contributed by atoms with Crippen molar-refractivity contribution in [2.45, 2.75) is 0 Å². The van der Waals surface area contributed by atoms with Crippen LogP contribution in [0, 0.1) is 0 Å². The first-order valence-corrected chi connectivity index (χ1v) is 3.79. The molecule has 0 amide bonds. The smallest absolute Gasteiger partial charge is 0.0553 e. The van der Waals surface area contributed by atoms with Gasteiger partial charge in [0.1, 0.15) is 0 Å². The first-order valence-electron chi connectivity index (χ1n) is 3.79. The van der Waals surface area contributed by atoms with E-state index in [0.29, 0.717) is 0 Å². The molecule has 56 valence electrons. The zero-order valence-corrected chi connectivity index (χ0v) is 6.27. The van der Waals surface area contributed by atoms with E-state index >= 15 is 0 Å². The second-order valence-corrected chi connectivity index (χ2v) is 2.61. The predicted octanol–water partition coefficient (Wildman–Crippen LogP) is 1.34. The van der Waals surface area contributed by atoms with E-state index in [0.717, 1.165) is 13.1 Å². The van der Waals surface area contributed by atoms with E-state index in [9.17, 15) is 0 Å². The zero-order valence-electron chi connectivity index (χ0n) is 6.27. The quantitative estimate of drug-likeness (QED) is 0.454. The highest BCUT2D eigenvalue weighted by atomic mass is 15.5. The van der Waals surface area contributed by atoms with E-state index in [1.165, 1.54) is 5.56 Å². The fourth-order valence-electron chi connectivity index (χ4n) is 0.848. The van der Waals surface area contributed by atoms with E-state index < -0.39 is 0 Å². The van der Waals surface area contributed by atoms with Gasteiger partial charge in [0, 0.05) is 0 Å². The summed E-state index contributed by atoms with van der Waals surface area (Å²) in [6.45, 7) is 2.23. The van der Waals surface area contributed by atoms with Crippen LogP contribution in [0.4, 0.5) is 0 Å². The Hall–Kier alpha value is -1.31. The third kappa shape index (κ3) is 1.80. The van der Waals surface area contributed by atoms with Gasteiger partial charge in [-0.1, -0.05) is 30.3 Å². The Morgan fingerprint density at radius 2 is 1.91 bits per heavy atom. The van der Waals surface area contributed by atoms with Gasteiger partial charge in [-0.05, 0) is 5.56 Å². The number of hydrogen-bond donors (Lipinski definition) is 0. The first kappa shape index (κ1) is 6.40. The molecule has 1 aromatic rings. The number of hydrogen-bond acceptors (Lipinski definition) is 2. The second kappa shape index (κ2) is 2.74. The van der Waals surface area contributed by atoms with Crippen LogP contribution in [0.5, 0.6) is 0 Å². The van der Waals surface area contributed by atoms with Crippen LogP contribution in [-0.2, 0) is 0 Å². The van der Waals surface area contributed by atoms with Crippen molar-refractivity contribution in [3.05, 3.63) is 35.9 Å². The van der Waals surface area contributed by atoms with Crippen LogP contribution in [-0.4, -0.2) is 24.3 Å². The summed E-state index contributed by atoms with van der Waals surface area (Å²) in [7, 11) is 0. The highest BCUT2D eigenvalue weighted by Gasteiger charge is 2.12. The van der Waals surface area contributed by atoms with Crippen molar-refractivity contribution in [1.29, 1.82) is 0 Å². The molecule has 1 fully saturated rings. The SMILES string of the molecule is C(=N\N1CC1)/c1ccccc1. The molecule has 11 heavy (non-hydrogen) atoms. The molecule has 1 heterocycles. The first-order chi connectivity index (χ1) is 5.45. The van der Waals surface area contributed by atoms with Crippen molar-refractivity contribution < 1.29 is 0 Å². The Labute approximate surface area is 66.1 Å². The molecule has 0 aliphatic carbocycles. The predicted molar refractivity (Wildman–Crippen MR) is 45.6 cm³/mol. The number of nitrogens with zero attached hydrogens (tertiary/aromatic N) is 2. The minimum Gasteiger partial charge on any atom is -0.293 e. The van der Waals surface area contributed by atoms with Crippen LogP contribution in [0.25, 0.3) is 0 Å². The number of hydrazone groups is 1. The van der Waals surface area contributed by atoms with Crippen LogP contribution in [0.2, 0.25) is 0 Å². The van der Waals surface area contributed by atoms with Gasteiger partial charge in [-0.3, -0.25) is 5.01 Å². The van der Waals surface area contributed by atoms with Gasteiger partial charge >= 0.3 is 0 Å². The molecule has 0 spiro atoms. The lowest BCUT2D eigenvalue weighted by Crippen LogP contribution is -1.85. The van der Waals surface area contributed by atoms with Crippen molar-refractivity contribution >= 4 is 6.21 Å². The molecule has 0 N–H and O–H groups in total. The van der Waals surface area contributed by atoms with Gasteiger partial charge < -0.3 is 0 Å². The topological polar surface area (TPSA) is 15.4 Å². The van der Waals surface area contributed by atoms with E-state index in [-0.39, 0.29) is 0 Å². The Morgan fingerprint density at radius 3 is 2.55 bits per heavy atom. The summed E-state index contributed by atoms with van der Waals surface area (Å²) in [4.78, 5) is 0. The number of benzene rings is 1. The average Bonchev–Trinajstić information content (AvgIpc) is 2.86. The molecule has 0 aromatic heterocycles. The van der Waals surface area contributed by atoms with Gasteiger partial charge in [0.25, 0.3) is 0 Å².